The van der Waals surface area contributed by atoms with Crippen molar-refractivity contribution < 1.29 is 9.59 Å². The Morgan fingerprint density at radius 3 is 2.46 bits per heavy atom. The van der Waals surface area contributed by atoms with Gasteiger partial charge in [-0.15, -0.1) is 0 Å². The molecule has 3 aromatic carbocycles. The quantitative estimate of drug-likeness (QED) is 0.571. The molecular weight excluding hydrogens is 440 g/mol. The first kappa shape index (κ1) is 18.7. The molecule has 0 aromatic heterocycles. The molecule has 28 heavy (non-hydrogen) atoms. The summed E-state index contributed by atoms with van der Waals surface area (Å²) in [6.45, 7) is -0.0483. The number of rotatable bonds is 2. The van der Waals surface area contributed by atoms with Gasteiger partial charge >= 0.3 is 0 Å². The molecule has 1 heterocycles. The van der Waals surface area contributed by atoms with Crippen molar-refractivity contribution >= 4 is 45.0 Å². The minimum Gasteiger partial charge on any atom is -0.324 e. The molecule has 1 N–H and O–H groups in total. The maximum atomic E-state index is 13.4. The highest BCUT2D eigenvalue weighted by Gasteiger charge is 2.34. The van der Waals surface area contributed by atoms with E-state index < -0.39 is 6.04 Å². The van der Waals surface area contributed by atoms with Crippen LogP contribution in [0.4, 0.5) is 5.69 Å². The number of fused-ring (bicyclic) bond motifs is 1. The van der Waals surface area contributed by atoms with Crippen LogP contribution >= 0.6 is 27.5 Å². The zero-order valence-electron chi connectivity index (χ0n) is 14.7. The second-order valence-electron chi connectivity index (χ2n) is 6.53. The fraction of sp³-hybridized carbons (Fsp3) is 0.0909. The van der Waals surface area contributed by atoms with Gasteiger partial charge in [-0.2, -0.15) is 0 Å². The van der Waals surface area contributed by atoms with Gasteiger partial charge in [0.25, 0.3) is 5.91 Å². The topological polar surface area (TPSA) is 49.4 Å². The van der Waals surface area contributed by atoms with Crippen molar-refractivity contribution in [1.82, 2.24) is 4.90 Å². The number of benzene rings is 3. The lowest BCUT2D eigenvalue weighted by molar-refractivity contribution is -0.117. The molecule has 6 heteroatoms. The molecule has 1 atom stereocenters. The fourth-order valence-electron chi connectivity index (χ4n) is 3.42. The lowest BCUT2D eigenvalue weighted by Gasteiger charge is -2.30. The van der Waals surface area contributed by atoms with Crippen molar-refractivity contribution in [3.63, 3.8) is 0 Å². The number of halogens is 2. The van der Waals surface area contributed by atoms with E-state index >= 15 is 0 Å². The number of nitrogens with one attached hydrogen (secondary N) is 1. The van der Waals surface area contributed by atoms with Crippen molar-refractivity contribution in [1.29, 1.82) is 0 Å². The summed E-state index contributed by atoms with van der Waals surface area (Å²) >= 11 is 9.48. The molecule has 0 aliphatic carbocycles. The van der Waals surface area contributed by atoms with E-state index in [4.69, 9.17) is 11.6 Å². The summed E-state index contributed by atoms with van der Waals surface area (Å²) in [5, 5.41) is 3.47. The molecule has 2 amide bonds. The summed E-state index contributed by atoms with van der Waals surface area (Å²) in [6.07, 6.45) is 0. The lowest BCUT2D eigenvalue weighted by atomic mass is 9.95. The third-order valence-electron chi connectivity index (χ3n) is 4.68. The van der Waals surface area contributed by atoms with Crippen molar-refractivity contribution in [3.05, 3.63) is 99.0 Å². The number of hydrogen-bond donors (Lipinski definition) is 1. The van der Waals surface area contributed by atoms with Crippen molar-refractivity contribution in [3.8, 4) is 0 Å². The molecule has 1 unspecified atom stereocenters. The zero-order valence-corrected chi connectivity index (χ0v) is 17.1. The molecule has 0 bridgehead atoms. The van der Waals surface area contributed by atoms with Gasteiger partial charge < -0.3 is 10.2 Å². The van der Waals surface area contributed by atoms with Gasteiger partial charge in [0.2, 0.25) is 5.91 Å². The SMILES string of the molecule is O=C1CN(C(=O)c2ccc(Cl)cc2)C(c2ccccc2)c2cc(Br)ccc2N1. The van der Waals surface area contributed by atoms with Crippen LogP contribution in [0.15, 0.2) is 77.3 Å². The monoisotopic (exact) mass is 454 g/mol. The highest BCUT2D eigenvalue weighted by atomic mass is 79.9. The van der Waals surface area contributed by atoms with Crippen molar-refractivity contribution in [2.75, 3.05) is 11.9 Å². The van der Waals surface area contributed by atoms with Crippen LogP contribution in [0.25, 0.3) is 0 Å². The molecule has 4 nitrogen and oxygen atoms in total. The van der Waals surface area contributed by atoms with Gasteiger partial charge in [-0.05, 0) is 48.0 Å². The number of nitrogens with zero attached hydrogens (tertiary/aromatic N) is 1. The average Bonchev–Trinajstić information content (AvgIpc) is 2.84. The van der Waals surface area contributed by atoms with Crippen LogP contribution in [0, 0.1) is 0 Å². The Bertz CT molecular complexity index is 1040. The largest absolute Gasteiger partial charge is 0.324 e. The van der Waals surface area contributed by atoms with Gasteiger partial charge in [0.1, 0.15) is 6.54 Å². The molecule has 140 valence electrons. The highest BCUT2D eigenvalue weighted by molar-refractivity contribution is 9.10. The third-order valence-corrected chi connectivity index (χ3v) is 5.42. The first-order valence-electron chi connectivity index (χ1n) is 8.74. The molecular formula is C22H16BrClN2O2. The first-order chi connectivity index (χ1) is 13.5. The van der Waals surface area contributed by atoms with E-state index in [1.54, 1.807) is 29.2 Å². The Labute approximate surface area is 176 Å². The molecule has 1 aliphatic heterocycles. The van der Waals surface area contributed by atoms with Crippen LogP contribution in [0.3, 0.4) is 0 Å². The van der Waals surface area contributed by atoms with E-state index in [2.05, 4.69) is 21.2 Å². The van der Waals surface area contributed by atoms with E-state index in [0.29, 0.717) is 16.3 Å². The highest BCUT2D eigenvalue weighted by Crippen LogP contribution is 2.38. The minimum absolute atomic E-state index is 0.0483. The van der Waals surface area contributed by atoms with Gasteiger partial charge in [-0.1, -0.05) is 57.9 Å². The molecule has 4 rings (SSSR count). The lowest BCUT2D eigenvalue weighted by Crippen LogP contribution is -2.38. The minimum atomic E-state index is -0.407. The van der Waals surface area contributed by atoms with Crippen LogP contribution in [-0.2, 0) is 4.79 Å². The maximum Gasteiger partial charge on any atom is 0.255 e. The zero-order chi connectivity index (χ0) is 19.7. The van der Waals surface area contributed by atoms with E-state index in [1.165, 1.54) is 0 Å². The summed E-state index contributed by atoms with van der Waals surface area (Å²) in [5.74, 6) is -0.460. The van der Waals surface area contributed by atoms with Crippen LogP contribution in [-0.4, -0.2) is 23.3 Å². The number of carbonyl (C=O) groups is 2. The second-order valence-corrected chi connectivity index (χ2v) is 7.89. The Kier molecular flexibility index (Phi) is 5.20. The first-order valence-corrected chi connectivity index (χ1v) is 9.91. The molecule has 0 saturated heterocycles. The van der Waals surface area contributed by atoms with Gasteiger partial charge in [0.15, 0.2) is 0 Å². The summed E-state index contributed by atoms with van der Waals surface area (Å²) in [6, 6.07) is 21.7. The van der Waals surface area contributed by atoms with Gasteiger partial charge in [0.05, 0.1) is 6.04 Å². The predicted molar refractivity (Wildman–Crippen MR) is 114 cm³/mol. The summed E-state index contributed by atoms with van der Waals surface area (Å²) in [4.78, 5) is 27.6. The Morgan fingerprint density at radius 2 is 1.75 bits per heavy atom. The Balaban J connectivity index is 1.88. The molecule has 1 aliphatic rings. The van der Waals surface area contributed by atoms with E-state index in [9.17, 15) is 9.59 Å². The molecule has 0 spiro atoms. The number of carbonyl (C=O) groups excluding carboxylic acids is 2. The Hall–Kier alpha value is -2.63. The van der Waals surface area contributed by atoms with E-state index in [-0.39, 0.29) is 18.4 Å². The number of hydrogen-bond acceptors (Lipinski definition) is 2. The smallest absolute Gasteiger partial charge is 0.255 e. The molecule has 3 aromatic rings. The van der Waals surface area contributed by atoms with E-state index in [1.807, 2.05) is 48.5 Å². The molecule has 0 saturated carbocycles. The van der Waals surface area contributed by atoms with E-state index in [0.717, 1.165) is 15.6 Å². The molecule has 0 fully saturated rings. The molecule has 0 radical (unpaired) electrons. The van der Waals surface area contributed by atoms with Crippen LogP contribution in [0.1, 0.15) is 27.5 Å². The van der Waals surface area contributed by atoms with Crippen LogP contribution in [0.2, 0.25) is 5.02 Å². The van der Waals surface area contributed by atoms with Gasteiger partial charge in [0, 0.05) is 26.3 Å². The predicted octanol–water partition coefficient (Wildman–Crippen LogP) is 5.29. The van der Waals surface area contributed by atoms with Crippen LogP contribution in [0.5, 0.6) is 0 Å². The summed E-state index contributed by atoms with van der Waals surface area (Å²) in [5.41, 5.74) is 2.97. The van der Waals surface area contributed by atoms with Gasteiger partial charge in [-0.3, -0.25) is 9.59 Å². The second kappa shape index (κ2) is 7.78. The maximum absolute atomic E-state index is 13.4. The third kappa shape index (κ3) is 3.68. The van der Waals surface area contributed by atoms with Crippen molar-refractivity contribution in [2.45, 2.75) is 6.04 Å². The summed E-state index contributed by atoms with van der Waals surface area (Å²) < 4.78 is 0.877. The van der Waals surface area contributed by atoms with Gasteiger partial charge in [-0.25, -0.2) is 0 Å². The average molecular weight is 456 g/mol. The standard InChI is InChI=1S/C22H16BrClN2O2/c23-16-8-11-19-18(12-16)21(14-4-2-1-3-5-14)26(13-20(27)25-19)22(28)15-6-9-17(24)10-7-15/h1-12,21H,13H2,(H,25,27). The van der Waals surface area contributed by atoms with Crippen molar-refractivity contribution in [2.24, 2.45) is 0 Å². The fourth-order valence-corrected chi connectivity index (χ4v) is 3.92. The Morgan fingerprint density at radius 1 is 1.04 bits per heavy atom. The summed E-state index contributed by atoms with van der Waals surface area (Å²) in [7, 11) is 0. The normalized spacial score (nSPS) is 16.1. The van der Waals surface area contributed by atoms with Crippen LogP contribution < -0.4 is 5.32 Å². The number of amides is 2. The number of anilines is 1.